The fourth-order valence-corrected chi connectivity index (χ4v) is 3.15. The van der Waals surface area contributed by atoms with Crippen molar-refractivity contribution in [3.05, 3.63) is 69.7 Å². The fraction of sp³-hybridized carbons (Fsp3) is 0.333. The first kappa shape index (κ1) is 16.2. The summed E-state index contributed by atoms with van der Waals surface area (Å²) in [4.78, 5) is 2.32. The number of aryl methyl sites for hydroxylation is 1. The maximum atomic E-state index is 6.24. The molecule has 0 saturated heterocycles. The Balaban J connectivity index is 2.19. The van der Waals surface area contributed by atoms with Crippen LogP contribution in [0.4, 0.5) is 0 Å². The standard InChI is InChI=1S/C18H23BrN2/c1-13-7-9-15(10-8-13)12-21(3)18(14(2)20)16-5-4-6-17(19)11-16/h4-11,14,18H,12,20H2,1-3H3. The second-order valence-electron chi connectivity index (χ2n) is 5.76. The average molecular weight is 347 g/mol. The van der Waals surface area contributed by atoms with Crippen LogP contribution in [0.1, 0.15) is 29.7 Å². The number of nitrogens with two attached hydrogens (primary N) is 1. The molecule has 0 aromatic heterocycles. The molecule has 0 radical (unpaired) electrons. The third-order valence-electron chi connectivity index (χ3n) is 3.72. The Morgan fingerprint density at radius 3 is 2.38 bits per heavy atom. The predicted octanol–water partition coefficient (Wildman–Crippen LogP) is 4.28. The summed E-state index contributed by atoms with van der Waals surface area (Å²) in [6, 6.07) is 17.3. The summed E-state index contributed by atoms with van der Waals surface area (Å²) < 4.78 is 1.09. The summed E-state index contributed by atoms with van der Waals surface area (Å²) in [5, 5.41) is 0. The molecule has 0 amide bonds. The molecule has 0 heterocycles. The summed E-state index contributed by atoms with van der Waals surface area (Å²) in [6.07, 6.45) is 0. The largest absolute Gasteiger partial charge is 0.326 e. The van der Waals surface area contributed by atoms with E-state index in [1.807, 2.05) is 6.07 Å². The Morgan fingerprint density at radius 2 is 1.81 bits per heavy atom. The minimum atomic E-state index is 0.0646. The molecule has 2 aromatic carbocycles. The number of nitrogens with zero attached hydrogens (tertiary/aromatic N) is 1. The highest BCUT2D eigenvalue weighted by molar-refractivity contribution is 9.10. The zero-order chi connectivity index (χ0) is 15.4. The van der Waals surface area contributed by atoms with Crippen molar-refractivity contribution in [3.63, 3.8) is 0 Å². The third-order valence-corrected chi connectivity index (χ3v) is 4.21. The maximum absolute atomic E-state index is 6.24. The maximum Gasteiger partial charge on any atom is 0.0497 e. The van der Waals surface area contributed by atoms with Crippen molar-refractivity contribution in [2.24, 2.45) is 5.73 Å². The van der Waals surface area contributed by atoms with Gasteiger partial charge in [0.15, 0.2) is 0 Å². The van der Waals surface area contributed by atoms with Crippen LogP contribution in [0.25, 0.3) is 0 Å². The van der Waals surface area contributed by atoms with Crippen molar-refractivity contribution in [2.75, 3.05) is 7.05 Å². The first-order valence-corrected chi connectivity index (χ1v) is 8.03. The highest BCUT2D eigenvalue weighted by Crippen LogP contribution is 2.26. The van der Waals surface area contributed by atoms with Crippen LogP contribution >= 0.6 is 15.9 Å². The van der Waals surface area contributed by atoms with Gasteiger partial charge in [0, 0.05) is 23.1 Å². The lowest BCUT2D eigenvalue weighted by Gasteiger charge is -2.31. The Bertz CT molecular complexity index is 578. The molecule has 0 bridgehead atoms. The molecule has 0 aliphatic carbocycles. The highest BCUT2D eigenvalue weighted by Gasteiger charge is 2.21. The lowest BCUT2D eigenvalue weighted by Crippen LogP contribution is -2.36. The molecule has 0 fully saturated rings. The lowest BCUT2D eigenvalue weighted by atomic mass is 9.99. The van der Waals surface area contributed by atoms with Crippen LogP contribution in [0.2, 0.25) is 0 Å². The van der Waals surface area contributed by atoms with E-state index in [2.05, 4.69) is 84.2 Å². The molecule has 0 aliphatic rings. The average Bonchev–Trinajstić information content (AvgIpc) is 2.41. The molecule has 0 saturated carbocycles. The first-order chi connectivity index (χ1) is 9.97. The molecule has 21 heavy (non-hydrogen) atoms. The van der Waals surface area contributed by atoms with E-state index in [4.69, 9.17) is 5.73 Å². The van der Waals surface area contributed by atoms with Crippen LogP contribution in [-0.2, 0) is 6.54 Å². The molecule has 0 aliphatic heterocycles. The van der Waals surface area contributed by atoms with Crippen LogP contribution in [0, 0.1) is 6.92 Å². The summed E-state index contributed by atoms with van der Waals surface area (Å²) >= 11 is 3.54. The molecular weight excluding hydrogens is 324 g/mol. The van der Waals surface area contributed by atoms with Gasteiger partial charge < -0.3 is 5.73 Å². The van der Waals surface area contributed by atoms with Gasteiger partial charge >= 0.3 is 0 Å². The third kappa shape index (κ3) is 4.40. The highest BCUT2D eigenvalue weighted by atomic mass is 79.9. The monoisotopic (exact) mass is 346 g/mol. The minimum Gasteiger partial charge on any atom is -0.326 e. The number of rotatable bonds is 5. The Hall–Kier alpha value is -1.16. The van der Waals surface area contributed by atoms with Crippen molar-refractivity contribution in [2.45, 2.75) is 32.5 Å². The number of likely N-dealkylation sites (N-methyl/N-ethyl adjacent to an activating group) is 1. The summed E-state index contributed by atoms with van der Waals surface area (Å²) in [5.74, 6) is 0. The first-order valence-electron chi connectivity index (χ1n) is 7.24. The molecule has 112 valence electrons. The second-order valence-corrected chi connectivity index (χ2v) is 6.68. The molecule has 3 heteroatoms. The van der Waals surface area contributed by atoms with Gasteiger partial charge in [-0.2, -0.15) is 0 Å². The molecular formula is C18H23BrN2. The molecule has 0 spiro atoms. The number of hydrogen-bond donors (Lipinski definition) is 1. The van der Waals surface area contributed by atoms with Crippen LogP contribution < -0.4 is 5.73 Å². The van der Waals surface area contributed by atoms with Crippen molar-refractivity contribution in [1.29, 1.82) is 0 Å². The van der Waals surface area contributed by atoms with E-state index >= 15 is 0 Å². The van der Waals surface area contributed by atoms with E-state index < -0.39 is 0 Å². The molecule has 2 N–H and O–H groups in total. The van der Waals surface area contributed by atoms with E-state index in [9.17, 15) is 0 Å². The van der Waals surface area contributed by atoms with E-state index in [1.54, 1.807) is 0 Å². The number of benzene rings is 2. The second kappa shape index (κ2) is 7.21. The summed E-state index contributed by atoms with van der Waals surface area (Å²) in [5.41, 5.74) is 10.1. The van der Waals surface area contributed by atoms with Gasteiger partial charge in [-0.15, -0.1) is 0 Å². The van der Waals surface area contributed by atoms with Crippen molar-refractivity contribution in [3.8, 4) is 0 Å². The van der Waals surface area contributed by atoms with Crippen molar-refractivity contribution < 1.29 is 0 Å². The fourth-order valence-electron chi connectivity index (χ4n) is 2.73. The molecule has 2 nitrogen and oxygen atoms in total. The van der Waals surface area contributed by atoms with Gasteiger partial charge in [0.1, 0.15) is 0 Å². The van der Waals surface area contributed by atoms with Gasteiger partial charge in [-0.3, -0.25) is 4.90 Å². The SMILES string of the molecule is Cc1ccc(CN(C)C(c2cccc(Br)c2)C(C)N)cc1. The molecule has 2 unspecified atom stereocenters. The van der Waals surface area contributed by atoms with Crippen LogP contribution in [0.15, 0.2) is 53.0 Å². The van der Waals surface area contributed by atoms with E-state index in [1.165, 1.54) is 16.7 Å². The van der Waals surface area contributed by atoms with Gasteiger partial charge in [-0.05, 0) is 44.2 Å². The normalized spacial score (nSPS) is 14.2. The van der Waals surface area contributed by atoms with Gasteiger partial charge in [-0.25, -0.2) is 0 Å². The molecule has 2 aromatic rings. The lowest BCUT2D eigenvalue weighted by molar-refractivity contribution is 0.211. The van der Waals surface area contributed by atoms with Crippen LogP contribution in [-0.4, -0.2) is 18.0 Å². The minimum absolute atomic E-state index is 0.0646. The van der Waals surface area contributed by atoms with Crippen LogP contribution in [0.5, 0.6) is 0 Å². The number of hydrogen-bond acceptors (Lipinski definition) is 2. The summed E-state index contributed by atoms with van der Waals surface area (Å²) in [7, 11) is 2.13. The smallest absolute Gasteiger partial charge is 0.0497 e. The van der Waals surface area contributed by atoms with Crippen LogP contribution in [0.3, 0.4) is 0 Å². The van der Waals surface area contributed by atoms with E-state index in [0.29, 0.717) is 0 Å². The van der Waals surface area contributed by atoms with Crippen molar-refractivity contribution in [1.82, 2.24) is 4.90 Å². The van der Waals surface area contributed by atoms with Crippen molar-refractivity contribution >= 4 is 15.9 Å². The van der Waals surface area contributed by atoms with E-state index in [0.717, 1.165) is 11.0 Å². The van der Waals surface area contributed by atoms with Gasteiger partial charge in [0.2, 0.25) is 0 Å². The van der Waals surface area contributed by atoms with E-state index in [-0.39, 0.29) is 12.1 Å². The quantitative estimate of drug-likeness (QED) is 0.875. The van der Waals surface area contributed by atoms with Gasteiger partial charge in [0.25, 0.3) is 0 Å². The Labute approximate surface area is 136 Å². The number of halogens is 1. The van der Waals surface area contributed by atoms with Gasteiger partial charge in [0.05, 0.1) is 0 Å². The molecule has 2 atom stereocenters. The zero-order valence-electron chi connectivity index (χ0n) is 12.9. The Kier molecular flexibility index (Phi) is 5.57. The summed E-state index contributed by atoms with van der Waals surface area (Å²) in [6.45, 7) is 5.07. The van der Waals surface area contributed by atoms with Gasteiger partial charge in [-0.1, -0.05) is 57.9 Å². The topological polar surface area (TPSA) is 29.3 Å². The predicted molar refractivity (Wildman–Crippen MR) is 93.2 cm³/mol. The Morgan fingerprint density at radius 1 is 1.14 bits per heavy atom. The molecule has 2 rings (SSSR count). The zero-order valence-corrected chi connectivity index (χ0v) is 14.5.